The molecule has 0 heterocycles. The van der Waals surface area contributed by atoms with Gasteiger partial charge in [-0.25, -0.2) is 26.3 Å². The maximum Gasteiger partial charge on any atom is 0.240 e. The predicted octanol–water partition coefficient (Wildman–Crippen LogP) is -0.329. The van der Waals surface area contributed by atoms with E-state index in [2.05, 4.69) is 9.44 Å². The first kappa shape index (κ1) is 18.1. The molecule has 1 rings (SSSR count). The zero-order valence-corrected chi connectivity index (χ0v) is 13.7. The summed E-state index contributed by atoms with van der Waals surface area (Å²) in [7, 11) is -6.87. The molecule has 21 heavy (non-hydrogen) atoms. The van der Waals surface area contributed by atoms with Crippen LogP contribution in [0.3, 0.4) is 0 Å². The zero-order valence-electron chi connectivity index (χ0n) is 12.1. The van der Waals surface area contributed by atoms with E-state index in [4.69, 9.17) is 5.73 Å². The minimum Gasteiger partial charge on any atom is -0.326 e. The van der Waals surface area contributed by atoms with Crippen LogP contribution >= 0.6 is 0 Å². The largest absolute Gasteiger partial charge is 0.326 e. The molecule has 120 valence electrons. The third kappa shape index (κ3) is 6.10. The highest BCUT2D eigenvalue weighted by Gasteiger charge is 2.16. The predicted molar refractivity (Wildman–Crippen MR) is 81.7 cm³/mol. The van der Waals surface area contributed by atoms with Crippen molar-refractivity contribution in [2.45, 2.75) is 24.8 Å². The van der Waals surface area contributed by atoms with E-state index in [0.717, 1.165) is 11.8 Å². The van der Waals surface area contributed by atoms with Crippen molar-refractivity contribution in [3.05, 3.63) is 29.3 Å². The lowest BCUT2D eigenvalue weighted by Crippen LogP contribution is -2.29. The van der Waals surface area contributed by atoms with E-state index >= 15 is 0 Å². The zero-order chi connectivity index (χ0) is 16.1. The first-order chi connectivity index (χ1) is 9.65. The van der Waals surface area contributed by atoms with Gasteiger partial charge in [0, 0.05) is 19.6 Å². The van der Waals surface area contributed by atoms with Crippen LogP contribution in [0.5, 0.6) is 0 Å². The normalized spacial score (nSPS) is 12.5. The lowest BCUT2D eigenvalue weighted by Gasteiger charge is -2.10. The minimum absolute atomic E-state index is 0.150. The third-order valence-electron chi connectivity index (χ3n) is 2.79. The van der Waals surface area contributed by atoms with Crippen LogP contribution in [0, 0.1) is 6.92 Å². The summed E-state index contributed by atoms with van der Waals surface area (Å²) < 4.78 is 50.9. The van der Waals surface area contributed by atoms with Crippen molar-refractivity contribution in [1.29, 1.82) is 0 Å². The van der Waals surface area contributed by atoms with Gasteiger partial charge >= 0.3 is 0 Å². The summed E-state index contributed by atoms with van der Waals surface area (Å²) >= 11 is 0. The van der Waals surface area contributed by atoms with Gasteiger partial charge in [0.25, 0.3) is 0 Å². The molecule has 0 amide bonds. The SMILES string of the molecule is Cc1ccc(CN)cc1S(=O)(=O)NCCCNS(C)(=O)=O. The molecule has 9 heteroatoms. The molecule has 0 aromatic heterocycles. The number of rotatable bonds is 8. The Hall–Kier alpha value is -1.00. The first-order valence-electron chi connectivity index (χ1n) is 6.39. The summed E-state index contributed by atoms with van der Waals surface area (Å²) in [6.07, 6.45) is 1.42. The standard InChI is InChI=1S/C12H21N3O4S2/c1-10-4-5-11(9-13)8-12(10)21(18,19)15-7-3-6-14-20(2,16)17/h4-5,8,14-15H,3,6-7,9,13H2,1-2H3. The Balaban J connectivity index is 2.66. The maximum absolute atomic E-state index is 12.2. The number of nitrogens with one attached hydrogen (secondary N) is 2. The Bertz CT molecular complexity index is 684. The third-order valence-corrected chi connectivity index (χ3v) is 5.12. The number of benzene rings is 1. The van der Waals surface area contributed by atoms with Gasteiger partial charge in [0.05, 0.1) is 11.2 Å². The maximum atomic E-state index is 12.2. The molecule has 0 fully saturated rings. The quantitative estimate of drug-likeness (QED) is 0.562. The molecule has 0 aliphatic heterocycles. The molecule has 4 N–H and O–H groups in total. The Morgan fingerprint density at radius 2 is 1.71 bits per heavy atom. The average Bonchev–Trinajstić information content (AvgIpc) is 2.37. The Labute approximate surface area is 126 Å². The Morgan fingerprint density at radius 3 is 2.29 bits per heavy atom. The highest BCUT2D eigenvalue weighted by molar-refractivity contribution is 7.89. The molecule has 0 saturated heterocycles. The monoisotopic (exact) mass is 335 g/mol. The molecule has 0 bridgehead atoms. The van der Waals surface area contributed by atoms with Crippen LogP contribution in [0.1, 0.15) is 17.5 Å². The fraction of sp³-hybridized carbons (Fsp3) is 0.500. The fourth-order valence-corrected chi connectivity index (χ4v) is 3.57. The summed E-state index contributed by atoms with van der Waals surface area (Å²) in [6, 6.07) is 5.04. The van der Waals surface area contributed by atoms with E-state index in [9.17, 15) is 16.8 Å². The van der Waals surface area contributed by atoms with E-state index in [1.807, 2.05) is 0 Å². The highest BCUT2D eigenvalue weighted by Crippen LogP contribution is 2.16. The van der Waals surface area contributed by atoms with Crippen LogP contribution in [0.2, 0.25) is 0 Å². The molecular weight excluding hydrogens is 314 g/mol. The molecule has 0 aliphatic rings. The van der Waals surface area contributed by atoms with Gasteiger partial charge in [-0.2, -0.15) is 0 Å². The van der Waals surface area contributed by atoms with E-state index in [-0.39, 0.29) is 24.5 Å². The van der Waals surface area contributed by atoms with Crippen molar-refractivity contribution in [2.75, 3.05) is 19.3 Å². The van der Waals surface area contributed by atoms with E-state index in [1.165, 1.54) is 0 Å². The van der Waals surface area contributed by atoms with Crippen LogP contribution in [-0.2, 0) is 26.6 Å². The minimum atomic E-state index is -3.62. The Morgan fingerprint density at radius 1 is 1.10 bits per heavy atom. The highest BCUT2D eigenvalue weighted by atomic mass is 32.2. The van der Waals surface area contributed by atoms with Crippen LogP contribution in [-0.4, -0.2) is 36.2 Å². The van der Waals surface area contributed by atoms with Crippen LogP contribution in [0.15, 0.2) is 23.1 Å². The Kier molecular flexibility index (Phi) is 6.29. The molecule has 0 radical (unpaired) electrons. The molecular formula is C12H21N3O4S2. The van der Waals surface area contributed by atoms with Crippen molar-refractivity contribution >= 4 is 20.0 Å². The van der Waals surface area contributed by atoms with Gasteiger partial charge in [0.15, 0.2) is 0 Å². The van der Waals surface area contributed by atoms with Crippen molar-refractivity contribution in [2.24, 2.45) is 5.73 Å². The van der Waals surface area contributed by atoms with Gasteiger partial charge < -0.3 is 5.73 Å². The van der Waals surface area contributed by atoms with Gasteiger partial charge in [-0.1, -0.05) is 12.1 Å². The fourth-order valence-electron chi connectivity index (χ4n) is 1.69. The van der Waals surface area contributed by atoms with Gasteiger partial charge in [0.2, 0.25) is 20.0 Å². The number of nitrogens with two attached hydrogens (primary N) is 1. The van der Waals surface area contributed by atoms with Gasteiger partial charge in [0.1, 0.15) is 0 Å². The van der Waals surface area contributed by atoms with Crippen molar-refractivity contribution in [1.82, 2.24) is 9.44 Å². The molecule has 0 aliphatic carbocycles. The van der Waals surface area contributed by atoms with Crippen LogP contribution in [0.25, 0.3) is 0 Å². The summed E-state index contributed by atoms with van der Waals surface area (Å²) in [5, 5.41) is 0. The van der Waals surface area contributed by atoms with Crippen molar-refractivity contribution in [3.63, 3.8) is 0 Å². The molecule has 0 saturated carbocycles. The second-order valence-electron chi connectivity index (χ2n) is 4.72. The molecule has 0 unspecified atom stereocenters. The van der Waals surface area contributed by atoms with Crippen LogP contribution in [0.4, 0.5) is 0 Å². The van der Waals surface area contributed by atoms with Gasteiger partial charge in [-0.15, -0.1) is 0 Å². The lowest BCUT2D eigenvalue weighted by atomic mass is 10.1. The van der Waals surface area contributed by atoms with E-state index in [1.54, 1.807) is 25.1 Å². The smallest absolute Gasteiger partial charge is 0.240 e. The molecule has 0 spiro atoms. The molecule has 1 aromatic carbocycles. The summed E-state index contributed by atoms with van der Waals surface area (Å²) in [5.41, 5.74) is 6.88. The van der Waals surface area contributed by atoms with Gasteiger partial charge in [-0.05, 0) is 30.5 Å². The summed E-state index contributed by atoms with van der Waals surface area (Å²) in [5.74, 6) is 0. The first-order valence-corrected chi connectivity index (χ1v) is 9.77. The average molecular weight is 335 g/mol. The number of aryl methyl sites for hydroxylation is 1. The second kappa shape index (κ2) is 7.32. The molecule has 1 aromatic rings. The molecule has 0 atom stereocenters. The van der Waals surface area contributed by atoms with E-state index < -0.39 is 20.0 Å². The van der Waals surface area contributed by atoms with Crippen LogP contribution < -0.4 is 15.2 Å². The van der Waals surface area contributed by atoms with Crippen molar-refractivity contribution < 1.29 is 16.8 Å². The lowest BCUT2D eigenvalue weighted by molar-refractivity contribution is 0.574. The number of hydrogen-bond acceptors (Lipinski definition) is 5. The topological polar surface area (TPSA) is 118 Å². The van der Waals surface area contributed by atoms with Crippen molar-refractivity contribution in [3.8, 4) is 0 Å². The second-order valence-corrected chi connectivity index (χ2v) is 8.29. The summed E-state index contributed by atoms with van der Waals surface area (Å²) in [6.45, 7) is 2.31. The van der Waals surface area contributed by atoms with E-state index in [0.29, 0.717) is 12.0 Å². The number of sulfonamides is 2. The molecule has 7 nitrogen and oxygen atoms in total. The van der Waals surface area contributed by atoms with Gasteiger partial charge in [-0.3, -0.25) is 0 Å². The number of hydrogen-bond donors (Lipinski definition) is 3. The summed E-state index contributed by atoms with van der Waals surface area (Å²) in [4.78, 5) is 0.196.